The van der Waals surface area contributed by atoms with Gasteiger partial charge in [0.1, 0.15) is 0 Å². The van der Waals surface area contributed by atoms with Crippen LogP contribution in [0, 0.1) is 23.6 Å². The van der Waals surface area contributed by atoms with E-state index in [0.29, 0.717) is 18.3 Å². The number of benzene rings is 1. The maximum atomic E-state index is 13.7. The summed E-state index contributed by atoms with van der Waals surface area (Å²) in [6.45, 7) is 3.27. The number of hydrogen-bond acceptors (Lipinski definition) is 2. The van der Waals surface area contributed by atoms with Gasteiger partial charge in [-0.05, 0) is 49.7 Å². The van der Waals surface area contributed by atoms with Gasteiger partial charge in [0.15, 0.2) is 11.6 Å². The molecule has 3 rings (SSSR count). The first-order valence-corrected chi connectivity index (χ1v) is 7.11. The van der Waals surface area contributed by atoms with Gasteiger partial charge in [-0.15, -0.1) is 0 Å². The summed E-state index contributed by atoms with van der Waals surface area (Å²) in [5.74, 6) is 2.25. The minimum atomic E-state index is -0.292. The van der Waals surface area contributed by atoms with Gasteiger partial charge in [0.05, 0.1) is 6.61 Å². The molecule has 19 heavy (non-hydrogen) atoms. The van der Waals surface area contributed by atoms with Gasteiger partial charge in [-0.25, -0.2) is 4.39 Å². The molecule has 3 atom stereocenters. The third-order valence-corrected chi connectivity index (χ3v) is 4.22. The van der Waals surface area contributed by atoms with Crippen molar-refractivity contribution >= 4 is 5.69 Å². The van der Waals surface area contributed by atoms with Crippen LogP contribution in [0.4, 0.5) is 10.1 Å². The van der Waals surface area contributed by atoms with Crippen molar-refractivity contribution in [2.45, 2.75) is 19.8 Å². The molecule has 2 aliphatic carbocycles. The van der Waals surface area contributed by atoms with E-state index in [4.69, 9.17) is 4.74 Å². The van der Waals surface area contributed by atoms with Gasteiger partial charge < -0.3 is 10.1 Å². The van der Waals surface area contributed by atoms with Crippen molar-refractivity contribution in [3.63, 3.8) is 0 Å². The van der Waals surface area contributed by atoms with Crippen LogP contribution >= 0.6 is 0 Å². The highest BCUT2D eigenvalue weighted by Crippen LogP contribution is 2.43. The van der Waals surface area contributed by atoms with Gasteiger partial charge in [-0.3, -0.25) is 0 Å². The maximum Gasteiger partial charge on any atom is 0.167 e. The van der Waals surface area contributed by atoms with Crippen LogP contribution in [0.3, 0.4) is 0 Å². The smallest absolute Gasteiger partial charge is 0.167 e. The van der Waals surface area contributed by atoms with Crippen LogP contribution in [0.5, 0.6) is 5.75 Å². The molecule has 2 bridgehead atoms. The van der Waals surface area contributed by atoms with Crippen molar-refractivity contribution in [1.29, 1.82) is 0 Å². The molecular formula is C16H20FNO. The Hall–Kier alpha value is -1.51. The molecule has 0 aromatic heterocycles. The van der Waals surface area contributed by atoms with E-state index in [1.165, 1.54) is 18.9 Å². The molecule has 1 N–H and O–H groups in total. The Bertz CT molecular complexity index is 486. The van der Waals surface area contributed by atoms with Gasteiger partial charge >= 0.3 is 0 Å². The Balaban J connectivity index is 1.58. The number of ether oxygens (including phenoxy) is 1. The van der Waals surface area contributed by atoms with E-state index in [1.807, 2.05) is 13.0 Å². The summed E-state index contributed by atoms with van der Waals surface area (Å²) in [6.07, 6.45) is 7.27. The first-order chi connectivity index (χ1) is 9.26. The van der Waals surface area contributed by atoms with E-state index in [-0.39, 0.29) is 5.82 Å². The topological polar surface area (TPSA) is 21.3 Å². The largest absolute Gasteiger partial charge is 0.491 e. The summed E-state index contributed by atoms with van der Waals surface area (Å²) in [5.41, 5.74) is 0.840. The van der Waals surface area contributed by atoms with Gasteiger partial charge in [0.25, 0.3) is 0 Å². The summed E-state index contributed by atoms with van der Waals surface area (Å²) in [5, 5.41) is 3.35. The summed E-state index contributed by atoms with van der Waals surface area (Å²) in [6, 6.07) is 5.10. The third-order valence-electron chi connectivity index (χ3n) is 4.22. The van der Waals surface area contributed by atoms with Crippen LogP contribution in [0.15, 0.2) is 30.4 Å². The normalized spacial score (nSPS) is 27.8. The number of anilines is 1. The molecule has 2 nitrogen and oxygen atoms in total. The summed E-state index contributed by atoms with van der Waals surface area (Å²) in [4.78, 5) is 0. The number of rotatable bonds is 5. The summed E-state index contributed by atoms with van der Waals surface area (Å²) < 4.78 is 18.9. The SMILES string of the molecule is CCOc1ccc(NCC2CC3C=CC2C3)cc1F. The lowest BCUT2D eigenvalue weighted by Crippen LogP contribution is -2.18. The van der Waals surface area contributed by atoms with Crippen molar-refractivity contribution in [2.24, 2.45) is 17.8 Å². The van der Waals surface area contributed by atoms with E-state index in [1.54, 1.807) is 6.07 Å². The second-order valence-corrected chi connectivity index (χ2v) is 5.50. The quantitative estimate of drug-likeness (QED) is 0.813. The molecule has 1 fully saturated rings. The molecule has 102 valence electrons. The molecule has 1 aromatic rings. The monoisotopic (exact) mass is 261 g/mol. The van der Waals surface area contributed by atoms with Crippen LogP contribution in [-0.4, -0.2) is 13.2 Å². The minimum Gasteiger partial charge on any atom is -0.491 e. The zero-order valence-corrected chi connectivity index (χ0v) is 11.2. The Kier molecular flexibility index (Phi) is 3.45. The highest BCUT2D eigenvalue weighted by Gasteiger charge is 2.35. The molecule has 0 saturated heterocycles. The van der Waals surface area contributed by atoms with Crippen LogP contribution in [-0.2, 0) is 0 Å². The van der Waals surface area contributed by atoms with Crippen molar-refractivity contribution in [1.82, 2.24) is 0 Å². The number of hydrogen-bond donors (Lipinski definition) is 1. The van der Waals surface area contributed by atoms with Crippen molar-refractivity contribution in [3.8, 4) is 5.75 Å². The van der Waals surface area contributed by atoms with Gasteiger partial charge in [-0.2, -0.15) is 0 Å². The minimum absolute atomic E-state index is 0.292. The number of halogens is 1. The van der Waals surface area contributed by atoms with E-state index in [2.05, 4.69) is 17.5 Å². The van der Waals surface area contributed by atoms with Crippen molar-refractivity contribution in [2.75, 3.05) is 18.5 Å². The highest BCUT2D eigenvalue weighted by atomic mass is 19.1. The average molecular weight is 261 g/mol. The van der Waals surface area contributed by atoms with Crippen LogP contribution in [0.25, 0.3) is 0 Å². The Labute approximate surface area is 113 Å². The molecule has 1 saturated carbocycles. The molecule has 1 aromatic carbocycles. The number of allylic oxidation sites excluding steroid dienone is 2. The lowest BCUT2D eigenvalue weighted by molar-refractivity contribution is 0.321. The Morgan fingerprint density at radius 1 is 1.32 bits per heavy atom. The van der Waals surface area contributed by atoms with Gasteiger partial charge in [0, 0.05) is 18.3 Å². The number of fused-ring (bicyclic) bond motifs is 2. The summed E-state index contributed by atoms with van der Waals surface area (Å²) in [7, 11) is 0. The number of nitrogens with one attached hydrogen (secondary N) is 1. The fourth-order valence-electron chi connectivity index (χ4n) is 3.26. The van der Waals surface area contributed by atoms with E-state index in [9.17, 15) is 4.39 Å². The fourth-order valence-corrected chi connectivity index (χ4v) is 3.26. The molecule has 3 unspecified atom stereocenters. The lowest BCUT2D eigenvalue weighted by Gasteiger charge is -2.19. The van der Waals surface area contributed by atoms with E-state index >= 15 is 0 Å². The van der Waals surface area contributed by atoms with E-state index < -0.39 is 0 Å². The van der Waals surface area contributed by atoms with Crippen LogP contribution < -0.4 is 10.1 Å². The second-order valence-electron chi connectivity index (χ2n) is 5.50. The third kappa shape index (κ3) is 2.60. The van der Waals surface area contributed by atoms with Gasteiger partial charge in [0.2, 0.25) is 0 Å². The van der Waals surface area contributed by atoms with Gasteiger partial charge in [-0.1, -0.05) is 12.2 Å². The zero-order chi connectivity index (χ0) is 13.2. The lowest BCUT2D eigenvalue weighted by atomic mass is 9.93. The standard InChI is InChI=1S/C16H20FNO/c1-2-19-16-6-5-14(9-15(16)17)18-10-13-8-11-3-4-12(13)7-11/h3-6,9,11-13,18H,2,7-8,10H2,1H3. The predicted octanol–water partition coefficient (Wildman–Crippen LogP) is 3.85. The molecular weight excluding hydrogens is 241 g/mol. The van der Waals surface area contributed by atoms with Crippen LogP contribution in [0.1, 0.15) is 19.8 Å². The fraction of sp³-hybridized carbons (Fsp3) is 0.500. The first kappa shape index (κ1) is 12.5. The summed E-state index contributed by atoms with van der Waals surface area (Å²) >= 11 is 0. The Morgan fingerprint density at radius 3 is 2.84 bits per heavy atom. The molecule has 2 aliphatic rings. The molecule has 0 radical (unpaired) electrons. The Morgan fingerprint density at radius 2 is 2.21 bits per heavy atom. The second kappa shape index (κ2) is 5.24. The first-order valence-electron chi connectivity index (χ1n) is 7.11. The molecule has 3 heteroatoms. The predicted molar refractivity (Wildman–Crippen MR) is 74.9 cm³/mol. The highest BCUT2D eigenvalue weighted by molar-refractivity contribution is 5.47. The van der Waals surface area contributed by atoms with Crippen LogP contribution in [0.2, 0.25) is 0 Å². The maximum absolute atomic E-state index is 13.7. The molecule has 0 amide bonds. The average Bonchev–Trinajstić information content (AvgIpc) is 3.01. The molecule has 0 aliphatic heterocycles. The van der Waals surface area contributed by atoms with Crippen molar-refractivity contribution < 1.29 is 9.13 Å². The molecule has 0 spiro atoms. The van der Waals surface area contributed by atoms with E-state index in [0.717, 1.165) is 24.1 Å². The zero-order valence-electron chi connectivity index (χ0n) is 11.2. The molecule has 0 heterocycles. The van der Waals surface area contributed by atoms with Crippen molar-refractivity contribution in [3.05, 3.63) is 36.2 Å².